The first-order valence-corrected chi connectivity index (χ1v) is 16.0. The Balaban J connectivity index is 1.61. The van der Waals surface area contributed by atoms with E-state index in [2.05, 4.69) is 72.6 Å². The second-order valence-electron chi connectivity index (χ2n) is 8.74. The third-order valence-electron chi connectivity index (χ3n) is 6.40. The average Bonchev–Trinajstić information content (AvgIpc) is 3.28. The number of para-hydroxylation sites is 2. The molecule has 0 spiro atoms. The van der Waals surface area contributed by atoms with Gasteiger partial charge in [-0.2, -0.15) is 0 Å². The topological polar surface area (TPSA) is 60.9 Å². The van der Waals surface area contributed by atoms with E-state index in [4.69, 9.17) is 0 Å². The first-order chi connectivity index (χ1) is 15.7. The quantitative estimate of drug-likeness (QED) is 0.271. The maximum atomic E-state index is 12.6. The summed E-state index contributed by atoms with van der Waals surface area (Å²) in [6.45, 7) is 4.79. The minimum absolute atomic E-state index is 0.0404. The van der Waals surface area contributed by atoms with Gasteiger partial charge in [-0.05, 0) is 0 Å². The van der Waals surface area contributed by atoms with E-state index < -0.39 is 46.4 Å². The summed E-state index contributed by atoms with van der Waals surface area (Å²) in [4.78, 5) is 41.6. The van der Waals surface area contributed by atoms with Gasteiger partial charge in [-0.25, -0.2) is 0 Å². The van der Waals surface area contributed by atoms with Crippen LogP contribution >= 0.6 is 0 Å². The van der Waals surface area contributed by atoms with Crippen molar-refractivity contribution in [2.75, 3.05) is 19.0 Å². The van der Waals surface area contributed by atoms with E-state index in [1.165, 1.54) is 39.5 Å². The number of rotatable bonds is 2. The van der Waals surface area contributed by atoms with Gasteiger partial charge in [0.1, 0.15) is 0 Å². The van der Waals surface area contributed by atoms with Gasteiger partial charge in [-0.3, -0.25) is 0 Å². The molecule has 0 aliphatic carbocycles. The van der Waals surface area contributed by atoms with Crippen LogP contribution in [0, 0.1) is 0 Å². The van der Waals surface area contributed by atoms with E-state index in [0.29, 0.717) is 0 Å². The third-order valence-corrected chi connectivity index (χ3v) is 12.8. The van der Waals surface area contributed by atoms with Crippen molar-refractivity contribution in [2.24, 2.45) is 0 Å². The average molecular weight is 569 g/mol. The summed E-state index contributed by atoms with van der Waals surface area (Å²) >= 11 is -0.866. The maximum absolute atomic E-state index is 12.6. The van der Waals surface area contributed by atoms with E-state index in [9.17, 15) is 14.4 Å². The zero-order valence-electron chi connectivity index (χ0n) is 18.8. The first kappa shape index (κ1) is 21.9. The number of imide groups is 2. The molecular weight excluding hydrogens is 546 g/mol. The van der Waals surface area contributed by atoms with Gasteiger partial charge in [0.2, 0.25) is 0 Å². The van der Waals surface area contributed by atoms with Crippen molar-refractivity contribution in [2.45, 2.75) is 13.1 Å². The molecule has 8 heteroatoms. The third kappa shape index (κ3) is 3.32. The van der Waals surface area contributed by atoms with Gasteiger partial charge in [-0.15, -0.1) is 0 Å². The molecule has 3 heterocycles. The molecule has 2 aromatic carbocycles. The molecule has 6 nitrogen and oxygen atoms in total. The molecule has 1 fully saturated rings. The van der Waals surface area contributed by atoms with Crippen molar-refractivity contribution >= 4 is 77.9 Å². The van der Waals surface area contributed by atoms with E-state index in [1.807, 2.05) is 6.07 Å². The predicted octanol–water partition coefficient (Wildman–Crippen LogP) is 2.78. The summed E-state index contributed by atoms with van der Waals surface area (Å²) in [5.41, 5.74) is 2.49. The standard InChI is InChI=1S/C25H23N3O3SiTe/c1-26-23(29)17(24(30)27(2)25(26)31)15-16-13-14-22(33-16)28-18-9-5-7-11-20(18)32(3,4)21-12-8-6-10-19(21)28/h5-15H,1-4H3. The summed E-state index contributed by atoms with van der Waals surface area (Å²) in [5, 5.41) is 2.81. The van der Waals surface area contributed by atoms with Crippen LogP contribution < -0.4 is 15.3 Å². The summed E-state index contributed by atoms with van der Waals surface area (Å²) in [6.07, 6.45) is 1.68. The van der Waals surface area contributed by atoms with Gasteiger partial charge >= 0.3 is 204 Å². The number of anilines is 3. The van der Waals surface area contributed by atoms with Crippen molar-refractivity contribution in [3.05, 3.63) is 69.8 Å². The Hall–Kier alpha value is -2.92. The van der Waals surface area contributed by atoms with Crippen LogP contribution in [0.2, 0.25) is 13.1 Å². The van der Waals surface area contributed by atoms with Crippen molar-refractivity contribution in [1.82, 2.24) is 9.80 Å². The van der Waals surface area contributed by atoms with Gasteiger partial charge in [-0.1, -0.05) is 0 Å². The zero-order chi connectivity index (χ0) is 23.5. The van der Waals surface area contributed by atoms with E-state index in [-0.39, 0.29) is 5.57 Å². The molecule has 5 rings (SSSR count). The van der Waals surface area contributed by atoms with Gasteiger partial charge in [0.05, 0.1) is 0 Å². The van der Waals surface area contributed by atoms with Crippen molar-refractivity contribution in [3.63, 3.8) is 0 Å². The van der Waals surface area contributed by atoms with Crippen LogP contribution in [0.4, 0.5) is 19.9 Å². The van der Waals surface area contributed by atoms with Gasteiger partial charge in [0, 0.05) is 0 Å². The predicted molar refractivity (Wildman–Crippen MR) is 134 cm³/mol. The number of hydrogen-bond donors (Lipinski definition) is 0. The Morgan fingerprint density at radius 3 is 1.82 bits per heavy atom. The van der Waals surface area contributed by atoms with E-state index in [0.717, 1.165) is 13.4 Å². The normalized spacial score (nSPS) is 17.3. The number of urea groups is 1. The van der Waals surface area contributed by atoms with Crippen LogP contribution in [0.25, 0.3) is 6.08 Å². The summed E-state index contributed by atoms with van der Waals surface area (Å²) < 4.78 is 2.20. The molecule has 0 saturated carbocycles. The minimum atomic E-state index is -1.83. The molecule has 166 valence electrons. The summed E-state index contributed by atoms with van der Waals surface area (Å²) in [6, 6.07) is 20.8. The van der Waals surface area contributed by atoms with Gasteiger partial charge < -0.3 is 0 Å². The number of barbiturate groups is 1. The van der Waals surface area contributed by atoms with Crippen LogP contribution in [-0.2, 0) is 9.59 Å². The molecule has 33 heavy (non-hydrogen) atoms. The molecule has 2 aliphatic rings. The molecule has 0 bridgehead atoms. The molecule has 3 aromatic rings. The molecule has 0 unspecified atom stereocenters. The second kappa shape index (κ2) is 7.84. The fourth-order valence-electron chi connectivity index (χ4n) is 4.56. The number of carbonyl (C=O) groups excluding carboxylic acids is 3. The number of amides is 4. The fraction of sp³-hybridized carbons (Fsp3) is 0.160. The number of carbonyl (C=O) groups is 3. The molecule has 1 saturated heterocycles. The molecule has 2 aliphatic heterocycles. The second-order valence-corrected chi connectivity index (χ2v) is 16.2. The van der Waals surface area contributed by atoms with Crippen LogP contribution in [0.5, 0.6) is 0 Å². The number of hydrogen-bond acceptors (Lipinski definition) is 4. The molecule has 1 aromatic heterocycles. The zero-order valence-corrected chi connectivity index (χ0v) is 22.2. The number of likely N-dealkylation sites (N-methyl/N-ethyl adjacent to an activating group) is 2. The van der Waals surface area contributed by atoms with Gasteiger partial charge in [0.25, 0.3) is 0 Å². The van der Waals surface area contributed by atoms with Crippen molar-refractivity contribution in [3.8, 4) is 0 Å². The summed E-state index contributed by atoms with van der Waals surface area (Å²) in [5.74, 6) is -1.10. The number of nitrogens with zero attached hydrogens (tertiary/aromatic N) is 3. The molecular formula is C25H23N3O3SiTe. The molecule has 0 radical (unpaired) electrons. The SMILES string of the molecule is CN1C(=O)C(=Cc2ccc(N3c4ccccc4[Si](C)(C)c4ccccc43)[te]2)C(=O)N(C)C1=O. The van der Waals surface area contributed by atoms with Crippen LogP contribution in [0.15, 0.2) is 66.2 Å². The van der Waals surface area contributed by atoms with Crippen molar-refractivity contribution in [1.29, 1.82) is 0 Å². The number of benzene rings is 2. The molecule has 4 amide bonds. The number of fused-ring (bicyclic) bond motifs is 2. The Morgan fingerprint density at radius 2 is 1.27 bits per heavy atom. The Labute approximate surface area is 203 Å². The Kier molecular flexibility index (Phi) is 5.20. The first-order valence-electron chi connectivity index (χ1n) is 10.6. The Morgan fingerprint density at radius 1 is 0.758 bits per heavy atom. The van der Waals surface area contributed by atoms with E-state index in [1.54, 1.807) is 6.08 Å². The van der Waals surface area contributed by atoms with Crippen molar-refractivity contribution < 1.29 is 14.4 Å². The van der Waals surface area contributed by atoms with Gasteiger partial charge in [0.15, 0.2) is 0 Å². The molecule has 0 N–H and O–H groups in total. The van der Waals surface area contributed by atoms with Crippen LogP contribution in [0.1, 0.15) is 3.58 Å². The fourth-order valence-corrected chi connectivity index (χ4v) is 10.3. The van der Waals surface area contributed by atoms with Crippen LogP contribution in [-0.4, -0.2) is 70.2 Å². The van der Waals surface area contributed by atoms with Crippen LogP contribution in [0.3, 0.4) is 0 Å². The van der Waals surface area contributed by atoms with E-state index >= 15 is 0 Å². The Bertz CT molecular complexity index is 1280. The summed E-state index contributed by atoms with van der Waals surface area (Å²) in [7, 11) is 0.969. The molecule has 0 atom stereocenters. The monoisotopic (exact) mass is 571 g/mol.